The summed E-state index contributed by atoms with van der Waals surface area (Å²) in [6, 6.07) is 7.84. The van der Waals surface area contributed by atoms with Gasteiger partial charge < -0.3 is 10.6 Å². The highest BCUT2D eigenvalue weighted by Gasteiger charge is 2.33. The highest BCUT2D eigenvalue weighted by Crippen LogP contribution is 2.28. The summed E-state index contributed by atoms with van der Waals surface area (Å²) in [6.07, 6.45) is 3.83. The van der Waals surface area contributed by atoms with E-state index >= 15 is 0 Å². The fraction of sp³-hybridized carbons (Fsp3) is 0.474. The Hall–Kier alpha value is -2.10. The largest absolute Gasteiger partial charge is 0.349 e. The predicted octanol–water partition coefficient (Wildman–Crippen LogP) is 3.39. The first-order chi connectivity index (χ1) is 10.8. The molecule has 4 nitrogen and oxygen atoms in total. The Labute approximate surface area is 138 Å². The summed E-state index contributed by atoms with van der Waals surface area (Å²) in [5.74, 6) is -0.426. The highest BCUT2D eigenvalue weighted by molar-refractivity contribution is 5.94. The van der Waals surface area contributed by atoms with Gasteiger partial charge in [-0.25, -0.2) is 0 Å². The van der Waals surface area contributed by atoms with Gasteiger partial charge in [0.15, 0.2) is 0 Å². The third-order valence-corrected chi connectivity index (χ3v) is 4.36. The minimum Gasteiger partial charge on any atom is -0.349 e. The fourth-order valence-electron chi connectivity index (χ4n) is 2.99. The van der Waals surface area contributed by atoms with Crippen molar-refractivity contribution in [2.24, 2.45) is 5.92 Å². The molecular weight excluding hydrogens is 288 g/mol. The number of amides is 2. The van der Waals surface area contributed by atoms with Crippen molar-refractivity contribution < 1.29 is 9.59 Å². The van der Waals surface area contributed by atoms with Crippen molar-refractivity contribution in [2.75, 3.05) is 5.32 Å². The molecule has 23 heavy (non-hydrogen) atoms. The molecule has 0 radical (unpaired) electrons. The number of carbonyl (C=O) groups excluding carboxylic acids is 2. The van der Waals surface area contributed by atoms with Crippen LogP contribution in [0.15, 0.2) is 36.9 Å². The maximum atomic E-state index is 12.6. The molecule has 0 aromatic heterocycles. The van der Waals surface area contributed by atoms with E-state index in [2.05, 4.69) is 44.1 Å². The lowest BCUT2D eigenvalue weighted by Crippen LogP contribution is -2.41. The van der Waals surface area contributed by atoms with E-state index in [0.29, 0.717) is 0 Å². The molecule has 2 N–H and O–H groups in total. The van der Waals surface area contributed by atoms with Gasteiger partial charge in [-0.1, -0.05) is 45.9 Å². The third-order valence-electron chi connectivity index (χ3n) is 4.36. The smallest absolute Gasteiger partial charge is 0.243 e. The lowest BCUT2D eigenvalue weighted by Gasteiger charge is -2.22. The van der Waals surface area contributed by atoms with Gasteiger partial charge in [-0.2, -0.15) is 0 Å². The lowest BCUT2D eigenvalue weighted by molar-refractivity contribution is -0.121. The van der Waals surface area contributed by atoms with Crippen molar-refractivity contribution in [2.45, 2.75) is 51.5 Å². The maximum Gasteiger partial charge on any atom is 0.243 e. The number of hydrogen-bond acceptors (Lipinski definition) is 2. The SMILES string of the molecule is C=CC(=O)N[C@@H]1CCC[C@H]1C(=O)Nc1cccc(C(C)(C)C)c1. The van der Waals surface area contributed by atoms with Crippen LogP contribution < -0.4 is 10.6 Å². The van der Waals surface area contributed by atoms with Gasteiger partial charge in [0.2, 0.25) is 11.8 Å². The molecule has 2 amide bonds. The van der Waals surface area contributed by atoms with Gasteiger partial charge >= 0.3 is 0 Å². The van der Waals surface area contributed by atoms with E-state index in [-0.39, 0.29) is 29.2 Å². The Bertz CT molecular complexity index is 602. The van der Waals surface area contributed by atoms with Crippen LogP contribution >= 0.6 is 0 Å². The fourth-order valence-corrected chi connectivity index (χ4v) is 2.99. The first-order valence-electron chi connectivity index (χ1n) is 8.15. The first-order valence-corrected chi connectivity index (χ1v) is 8.15. The van der Waals surface area contributed by atoms with E-state index in [1.54, 1.807) is 0 Å². The van der Waals surface area contributed by atoms with Gasteiger partial charge in [0.1, 0.15) is 0 Å². The summed E-state index contributed by atoms with van der Waals surface area (Å²) in [7, 11) is 0. The average Bonchev–Trinajstić information content (AvgIpc) is 2.94. The molecule has 124 valence electrons. The molecule has 1 aromatic carbocycles. The molecule has 0 saturated heterocycles. The number of rotatable bonds is 4. The topological polar surface area (TPSA) is 58.2 Å². The van der Waals surface area contributed by atoms with E-state index in [9.17, 15) is 9.59 Å². The number of carbonyl (C=O) groups is 2. The van der Waals surface area contributed by atoms with Crippen molar-refractivity contribution in [3.63, 3.8) is 0 Å². The number of anilines is 1. The zero-order chi connectivity index (χ0) is 17.0. The molecule has 1 fully saturated rings. The van der Waals surface area contributed by atoms with Crippen molar-refractivity contribution in [3.05, 3.63) is 42.5 Å². The molecule has 0 spiro atoms. The Morgan fingerprint density at radius 3 is 2.65 bits per heavy atom. The summed E-state index contributed by atoms with van der Waals surface area (Å²) in [5.41, 5.74) is 2.02. The average molecular weight is 314 g/mol. The zero-order valence-corrected chi connectivity index (χ0v) is 14.2. The van der Waals surface area contributed by atoms with E-state index in [4.69, 9.17) is 0 Å². The third kappa shape index (κ3) is 4.44. The summed E-state index contributed by atoms with van der Waals surface area (Å²) in [5, 5.41) is 5.86. The molecule has 0 heterocycles. The van der Waals surface area contributed by atoms with Crippen LogP contribution in [0.3, 0.4) is 0 Å². The first kappa shape index (κ1) is 17.3. The van der Waals surface area contributed by atoms with Crippen LogP contribution in [0.2, 0.25) is 0 Å². The van der Waals surface area contributed by atoms with Crippen LogP contribution in [-0.4, -0.2) is 17.9 Å². The van der Waals surface area contributed by atoms with Crippen LogP contribution in [-0.2, 0) is 15.0 Å². The van der Waals surface area contributed by atoms with Gasteiger partial charge in [0.25, 0.3) is 0 Å². The Balaban J connectivity index is 2.06. The van der Waals surface area contributed by atoms with E-state index in [1.807, 2.05) is 18.2 Å². The Kier molecular flexibility index (Phi) is 5.24. The molecule has 2 atom stereocenters. The van der Waals surface area contributed by atoms with Crippen LogP contribution in [0.25, 0.3) is 0 Å². The van der Waals surface area contributed by atoms with Crippen LogP contribution in [0.4, 0.5) is 5.69 Å². The highest BCUT2D eigenvalue weighted by atomic mass is 16.2. The van der Waals surface area contributed by atoms with Gasteiger partial charge in [-0.3, -0.25) is 9.59 Å². The summed E-state index contributed by atoms with van der Waals surface area (Å²) >= 11 is 0. The van der Waals surface area contributed by atoms with Gasteiger partial charge in [0.05, 0.1) is 5.92 Å². The minimum atomic E-state index is -0.218. The Morgan fingerprint density at radius 1 is 1.26 bits per heavy atom. The quantitative estimate of drug-likeness (QED) is 0.837. The monoisotopic (exact) mass is 314 g/mol. The standard InChI is InChI=1S/C19H26N2O2/c1-5-17(22)21-16-11-7-10-15(16)18(23)20-14-9-6-8-13(12-14)19(2,3)4/h5-6,8-9,12,15-16H,1,7,10-11H2,2-4H3,(H,20,23)(H,21,22)/t15-,16-/m1/s1. The van der Waals surface area contributed by atoms with Gasteiger partial charge in [-0.05, 0) is 42.0 Å². The second-order valence-electron chi connectivity index (χ2n) is 7.18. The van der Waals surface area contributed by atoms with Crippen molar-refractivity contribution in [3.8, 4) is 0 Å². The summed E-state index contributed by atoms with van der Waals surface area (Å²) < 4.78 is 0. The Morgan fingerprint density at radius 2 is 2.00 bits per heavy atom. The lowest BCUT2D eigenvalue weighted by atomic mass is 9.87. The van der Waals surface area contributed by atoms with E-state index in [0.717, 1.165) is 24.9 Å². The molecule has 4 heteroatoms. The van der Waals surface area contributed by atoms with Gasteiger partial charge in [-0.15, -0.1) is 0 Å². The molecular formula is C19H26N2O2. The van der Waals surface area contributed by atoms with Crippen LogP contribution in [0, 0.1) is 5.92 Å². The number of hydrogen-bond donors (Lipinski definition) is 2. The second-order valence-corrected chi connectivity index (χ2v) is 7.18. The van der Waals surface area contributed by atoms with Crippen LogP contribution in [0.5, 0.6) is 0 Å². The molecule has 2 rings (SSSR count). The summed E-state index contributed by atoms with van der Waals surface area (Å²) in [6.45, 7) is 9.89. The normalized spacial score (nSPS) is 20.8. The molecule has 1 saturated carbocycles. The van der Waals surface area contributed by atoms with Crippen molar-refractivity contribution in [1.29, 1.82) is 0 Å². The second kappa shape index (κ2) is 6.99. The van der Waals surface area contributed by atoms with Crippen molar-refractivity contribution >= 4 is 17.5 Å². The van der Waals surface area contributed by atoms with Crippen LogP contribution in [0.1, 0.15) is 45.6 Å². The number of benzene rings is 1. The maximum absolute atomic E-state index is 12.6. The molecule has 1 aromatic rings. The van der Waals surface area contributed by atoms with Crippen molar-refractivity contribution in [1.82, 2.24) is 5.32 Å². The minimum absolute atomic E-state index is 0.0251. The summed E-state index contributed by atoms with van der Waals surface area (Å²) in [4.78, 5) is 24.1. The molecule has 0 unspecified atom stereocenters. The molecule has 1 aliphatic carbocycles. The number of nitrogens with one attached hydrogen (secondary N) is 2. The molecule has 1 aliphatic rings. The zero-order valence-electron chi connectivity index (χ0n) is 14.2. The van der Waals surface area contributed by atoms with E-state index in [1.165, 1.54) is 11.6 Å². The van der Waals surface area contributed by atoms with Gasteiger partial charge in [0, 0.05) is 11.7 Å². The molecule has 0 aliphatic heterocycles. The van der Waals surface area contributed by atoms with E-state index < -0.39 is 0 Å². The molecule has 0 bridgehead atoms. The predicted molar refractivity (Wildman–Crippen MR) is 93.2 cm³/mol.